The van der Waals surface area contributed by atoms with E-state index in [0.29, 0.717) is 17.4 Å². The van der Waals surface area contributed by atoms with Crippen molar-refractivity contribution in [2.75, 3.05) is 40.9 Å². The number of aliphatic hydroxyl groups is 1. The first-order valence-electron chi connectivity index (χ1n) is 28.5. The van der Waals surface area contributed by atoms with E-state index < -0.39 is 26.6 Å². The van der Waals surface area contributed by atoms with Crippen LogP contribution in [0.25, 0.3) is 0 Å². The molecule has 0 heterocycles. The van der Waals surface area contributed by atoms with Gasteiger partial charge in [0, 0.05) is 6.42 Å². The zero-order valence-corrected chi connectivity index (χ0v) is 45.7. The molecule has 0 rings (SSSR count). The molecule has 0 saturated carbocycles. The third-order valence-electron chi connectivity index (χ3n) is 12.7. The number of carbonyl (C=O) groups excluding carboxylic acids is 1. The second-order valence-corrected chi connectivity index (χ2v) is 22.0. The predicted molar refractivity (Wildman–Crippen MR) is 288 cm³/mol. The van der Waals surface area contributed by atoms with Gasteiger partial charge in [0.2, 0.25) is 5.91 Å². The highest BCUT2D eigenvalue weighted by molar-refractivity contribution is 7.45. The summed E-state index contributed by atoms with van der Waals surface area (Å²) in [6, 6.07) is -0.908. The number of likely N-dealkylation sites (N-methyl/N-ethyl adjacent to an activating group) is 1. The molecule has 0 aromatic carbocycles. The Morgan fingerprint density at radius 2 is 0.836 bits per heavy atom. The lowest BCUT2D eigenvalue weighted by Gasteiger charge is -2.29. The van der Waals surface area contributed by atoms with Gasteiger partial charge in [-0.05, 0) is 70.6 Å². The van der Waals surface area contributed by atoms with Crippen molar-refractivity contribution < 1.29 is 32.9 Å². The van der Waals surface area contributed by atoms with Gasteiger partial charge in [0.1, 0.15) is 13.2 Å². The van der Waals surface area contributed by atoms with Crippen molar-refractivity contribution in [3.8, 4) is 0 Å². The molecule has 9 heteroatoms. The number of phosphoric acid groups is 1. The summed E-state index contributed by atoms with van der Waals surface area (Å²) in [5.74, 6) is -0.210. The van der Waals surface area contributed by atoms with E-state index in [9.17, 15) is 19.4 Å². The number of allylic oxidation sites excluding steroid dienone is 7. The Kier molecular flexibility index (Phi) is 48.3. The summed E-state index contributed by atoms with van der Waals surface area (Å²) in [6.07, 6.45) is 65.0. The van der Waals surface area contributed by atoms with Gasteiger partial charge in [-0.3, -0.25) is 9.36 Å². The first-order valence-corrected chi connectivity index (χ1v) is 30.0. The van der Waals surface area contributed by atoms with Crippen molar-refractivity contribution in [1.29, 1.82) is 0 Å². The van der Waals surface area contributed by atoms with Crippen LogP contribution in [0.5, 0.6) is 0 Å². The van der Waals surface area contributed by atoms with Crippen LogP contribution < -0.4 is 10.2 Å². The van der Waals surface area contributed by atoms with Crippen molar-refractivity contribution in [1.82, 2.24) is 5.32 Å². The fourth-order valence-corrected chi connectivity index (χ4v) is 8.96. The van der Waals surface area contributed by atoms with Gasteiger partial charge in [0.25, 0.3) is 7.82 Å². The molecule has 0 bridgehead atoms. The Hall–Kier alpha value is -1.54. The van der Waals surface area contributed by atoms with E-state index >= 15 is 0 Å². The number of amides is 1. The van der Waals surface area contributed by atoms with Crippen molar-refractivity contribution in [3.05, 3.63) is 48.6 Å². The number of rotatable bonds is 52. The standard InChI is InChI=1S/C58H111N2O6P/c1-6-8-10-12-14-16-18-20-21-22-23-24-25-26-27-28-29-30-31-32-33-34-35-36-37-38-40-42-44-46-48-50-52-58(62)59-56(55-66-67(63,64)65-54-53-60(3,4)5)57(61)51-49-47-45-43-41-39-19-17-15-13-11-9-7-2/h15,17,26-27,41,43,49,51,56-57,61H,6-14,16,18-25,28-40,42,44-48,50,52-55H2,1-5H3,(H-,59,62,63,64)/b17-15+,27-26-,43-41+,51-49+. The molecule has 2 N–H and O–H groups in total. The molecule has 0 aromatic rings. The topological polar surface area (TPSA) is 108 Å². The Morgan fingerprint density at radius 3 is 1.24 bits per heavy atom. The third-order valence-corrected chi connectivity index (χ3v) is 13.7. The fourth-order valence-electron chi connectivity index (χ4n) is 8.24. The monoisotopic (exact) mass is 963 g/mol. The number of aliphatic hydroxyl groups excluding tert-OH is 1. The first-order chi connectivity index (χ1) is 32.5. The number of hydrogen-bond acceptors (Lipinski definition) is 6. The molecule has 0 saturated heterocycles. The molecule has 1 amide bonds. The molecule has 0 aliphatic rings. The van der Waals surface area contributed by atoms with E-state index in [1.807, 2.05) is 27.2 Å². The van der Waals surface area contributed by atoms with Crippen molar-refractivity contribution in [2.45, 2.75) is 276 Å². The van der Waals surface area contributed by atoms with E-state index in [2.05, 4.69) is 55.6 Å². The van der Waals surface area contributed by atoms with Crippen LogP contribution in [0.1, 0.15) is 264 Å². The minimum atomic E-state index is -4.60. The number of hydrogen-bond donors (Lipinski definition) is 2. The molecule has 0 aliphatic carbocycles. The van der Waals surface area contributed by atoms with Gasteiger partial charge in [-0.1, -0.05) is 236 Å². The summed E-state index contributed by atoms with van der Waals surface area (Å²) in [4.78, 5) is 25.4. The van der Waals surface area contributed by atoms with E-state index in [4.69, 9.17) is 9.05 Å². The zero-order valence-electron chi connectivity index (χ0n) is 44.9. The molecule has 0 aliphatic heterocycles. The number of phosphoric ester groups is 1. The summed E-state index contributed by atoms with van der Waals surface area (Å²) in [5.41, 5.74) is 0. The van der Waals surface area contributed by atoms with Gasteiger partial charge < -0.3 is 28.8 Å². The summed E-state index contributed by atoms with van der Waals surface area (Å²) in [5, 5.41) is 13.8. The predicted octanol–water partition coefficient (Wildman–Crippen LogP) is 16.5. The van der Waals surface area contributed by atoms with E-state index in [-0.39, 0.29) is 12.5 Å². The maximum atomic E-state index is 12.9. The second kappa shape index (κ2) is 49.4. The minimum absolute atomic E-state index is 0.00902. The molecule has 0 radical (unpaired) electrons. The summed E-state index contributed by atoms with van der Waals surface area (Å²) < 4.78 is 23.2. The van der Waals surface area contributed by atoms with Crippen LogP contribution in [-0.2, 0) is 18.4 Å². The summed E-state index contributed by atoms with van der Waals surface area (Å²) in [7, 11) is 1.24. The first kappa shape index (κ1) is 65.5. The second-order valence-electron chi connectivity index (χ2n) is 20.6. The average molecular weight is 964 g/mol. The van der Waals surface area contributed by atoms with Gasteiger partial charge >= 0.3 is 0 Å². The molecule has 394 valence electrons. The quantitative estimate of drug-likeness (QED) is 0.0272. The van der Waals surface area contributed by atoms with Crippen LogP contribution in [0, 0.1) is 0 Å². The number of nitrogens with one attached hydrogen (secondary N) is 1. The number of quaternary nitrogens is 1. The van der Waals surface area contributed by atoms with Crippen LogP contribution in [0.4, 0.5) is 0 Å². The van der Waals surface area contributed by atoms with Gasteiger partial charge in [-0.25, -0.2) is 0 Å². The molecule has 0 aromatic heterocycles. The van der Waals surface area contributed by atoms with E-state index in [1.54, 1.807) is 6.08 Å². The van der Waals surface area contributed by atoms with Crippen LogP contribution in [0.3, 0.4) is 0 Å². The summed E-state index contributed by atoms with van der Waals surface area (Å²) >= 11 is 0. The van der Waals surface area contributed by atoms with E-state index in [0.717, 1.165) is 51.4 Å². The molecular weight excluding hydrogens is 852 g/mol. The average Bonchev–Trinajstić information content (AvgIpc) is 3.29. The zero-order chi connectivity index (χ0) is 49.2. The van der Waals surface area contributed by atoms with E-state index in [1.165, 1.54) is 193 Å². The van der Waals surface area contributed by atoms with Crippen LogP contribution in [0.2, 0.25) is 0 Å². The molecule has 0 fully saturated rings. The molecule has 3 unspecified atom stereocenters. The van der Waals surface area contributed by atoms with Gasteiger partial charge in [-0.2, -0.15) is 0 Å². The largest absolute Gasteiger partial charge is 0.756 e. The highest BCUT2D eigenvalue weighted by Gasteiger charge is 2.23. The lowest BCUT2D eigenvalue weighted by molar-refractivity contribution is -0.870. The Bertz CT molecular complexity index is 1230. The molecule has 0 spiro atoms. The molecule has 3 atom stereocenters. The number of carbonyl (C=O) groups is 1. The highest BCUT2D eigenvalue weighted by Crippen LogP contribution is 2.38. The van der Waals surface area contributed by atoms with Gasteiger partial charge in [0.15, 0.2) is 0 Å². The van der Waals surface area contributed by atoms with Gasteiger partial charge in [-0.15, -0.1) is 0 Å². The Morgan fingerprint density at radius 1 is 0.507 bits per heavy atom. The van der Waals surface area contributed by atoms with Gasteiger partial charge in [0.05, 0.1) is 39.9 Å². The lowest BCUT2D eigenvalue weighted by Crippen LogP contribution is -2.45. The normalized spacial score (nSPS) is 14.3. The van der Waals surface area contributed by atoms with Crippen LogP contribution in [-0.4, -0.2) is 68.5 Å². The van der Waals surface area contributed by atoms with Crippen LogP contribution in [0.15, 0.2) is 48.6 Å². The summed E-state index contributed by atoms with van der Waals surface area (Å²) in [6.45, 7) is 4.60. The maximum absolute atomic E-state index is 12.9. The SMILES string of the molecule is CCCCC/C=C/CC/C=C/CC/C=C/C(O)C(COP(=O)([O-])OCC[N+](C)(C)C)NC(=O)CCCCCCCCCCCCCCCCCC/C=C\CCCCCCCCCCCCCC. The third kappa shape index (κ3) is 52.1. The van der Waals surface area contributed by atoms with Crippen molar-refractivity contribution in [2.24, 2.45) is 0 Å². The lowest BCUT2D eigenvalue weighted by atomic mass is 10.0. The maximum Gasteiger partial charge on any atom is 0.268 e. The fraction of sp³-hybridized carbons (Fsp3) is 0.845. The highest BCUT2D eigenvalue weighted by atomic mass is 31.2. The Balaban J connectivity index is 4.04. The molecule has 67 heavy (non-hydrogen) atoms. The Labute approximate surface area is 416 Å². The van der Waals surface area contributed by atoms with Crippen molar-refractivity contribution in [3.63, 3.8) is 0 Å². The molecule has 8 nitrogen and oxygen atoms in total. The van der Waals surface area contributed by atoms with Crippen LogP contribution >= 0.6 is 7.82 Å². The number of nitrogens with zero attached hydrogens (tertiary/aromatic N) is 1. The smallest absolute Gasteiger partial charge is 0.268 e. The minimum Gasteiger partial charge on any atom is -0.756 e. The van der Waals surface area contributed by atoms with Crippen molar-refractivity contribution >= 4 is 13.7 Å². The number of unbranched alkanes of at least 4 members (excludes halogenated alkanes) is 33. The molecular formula is C58H111N2O6P.